The van der Waals surface area contributed by atoms with Gasteiger partial charge in [0.2, 0.25) is 0 Å². The van der Waals surface area contributed by atoms with E-state index in [2.05, 4.69) is 27.2 Å². The van der Waals surface area contributed by atoms with Gasteiger partial charge in [-0.05, 0) is 23.8 Å². The maximum absolute atomic E-state index is 9.06. The summed E-state index contributed by atoms with van der Waals surface area (Å²) in [4.78, 5) is 7.70. The molecule has 23 heavy (non-hydrogen) atoms. The van der Waals surface area contributed by atoms with Gasteiger partial charge < -0.3 is 4.98 Å². The number of nitrogens with zero attached hydrogens (tertiary/aromatic N) is 4. The molecular weight excluding hydrogens is 286 g/mol. The van der Waals surface area contributed by atoms with E-state index in [1.54, 1.807) is 10.7 Å². The highest BCUT2D eigenvalue weighted by atomic mass is 15.2. The highest BCUT2D eigenvalue weighted by Crippen LogP contribution is 2.30. The summed E-state index contributed by atoms with van der Waals surface area (Å²) in [6, 6.07) is 11.8. The lowest BCUT2D eigenvalue weighted by molar-refractivity contribution is 0.768. The number of pyridine rings is 1. The van der Waals surface area contributed by atoms with E-state index in [1.165, 1.54) is 0 Å². The minimum atomic E-state index is 0.643. The van der Waals surface area contributed by atoms with E-state index >= 15 is 0 Å². The van der Waals surface area contributed by atoms with E-state index in [1.807, 2.05) is 50.0 Å². The highest BCUT2D eigenvalue weighted by molar-refractivity contribution is 5.95. The van der Waals surface area contributed by atoms with Crippen LogP contribution in [0.5, 0.6) is 0 Å². The van der Waals surface area contributed by atoms with Crippen molar-refractivity contribution in [1.82, 2.24) is 19.7 Å². The van der Waals surface area contributed by atoms with Crippen LogP contribution >= 0.6 is 0 Å². The van der Waals surface area contributed by atoms with Gasteiger partial charge in [-0.3, -0.25) is 4.68 Å². The molecule has 0 saturated heterocycles. The lowest BCUT2D eigenvalue weighted by atomic mass is 10.0. The van der Waals surface area contributed by atoms with Gasteiger partial charge in [0.1, 0.15) is 5.65 Å². The molecule has 0 radical (unpaired) electrons. The molecule has 1 aromatic carbocycles. The largest absolute Gasteiger partial charge is 0.346 e. The number of aromatic nitrogens is 4. The van der Waals surface area contributed by atoms with Crippen molar-refractivity contribution in [3.05, 3.63) is 60.7 Å². The fraction of sp³-hybridized carbons (Fsp3) is 0.0556. The summed E-state index contributed by atoms with van der Waals surface area (Å²) in [5.74, 6) is 0. The normalized spacial score (nSPS) is 10.8. The summed E-state index contributed by atoms with van der Waals surface area (Å²) in [6.45, 7) is 0. The molecule has 0 spiro atoms. The maximum Gasteiger partial charge on any atom is 0.137 e. The maximum atomic E-state index is 9.06. The van der Waals surface area contributed by atoms with Gasteiger partial charge in [0.05, 0.1) is 17.8 Å². The van der Waals surface area contributed by atoms with E-state index in [0.717, 1.165) is 33.3 Å². The Labute approximate surface area is 132 Å². The lowest BCUT2D eigenvalue weighted by Crippen LogP contribution is -1.84. The van der Waals surface area contributed by atoms with Crippen molar-refractivity contribution in [2.45, 2.75) is 0 Å². The van der Waals surface area contributed by atoms with E-state index in [9.17, 15) is 0 Å². The van der Waals surface area contributed by atoms with Crippen LogP contribution in [0.15, 0.2) is 55.1 Å². The summed E-state index contributed by atoms with van der Waals surface area (Å²) in [5, 5.41) is 14.3. The van der Waals surface area contributed by atoms with Crippen LogP contribution in [0.2, 0.25) is 0 Å². The summed E-state index contributed by atoms with van der Waals surface area (Å²) >= 11 is 0. The van der Waals surface area contributed by atoms with Crippen LogP contribution < -0.4 is 0 Å². The predicted molar refractivity (Wildman–Crippen MR) is 88.4 cm³/mol. The molecule has 3 aromatic heterocycles. The van der Waals surface area contributed by atoms with Crippen LogP contribution in [-0.2, 0) is 7.05 Å². The monoisotopic (exact) mass is 299 g/mol. The smallest absolute Gasteiger partial charge is 0.137 e. The molecule has 1 N–H and O–H groups in total. The van der Waals surface area contributed by atoms with Crippen LogP contribution in [0, 0.1) is 11.3 Å². The number of nitriles is 1. The molecule has 0 aliphatic rings. The Morgan fingerprint density at radius 3 is 2.83 bits per heavy atom. The summed E-state index contributed by atoms with van der Waals surface area (Å²) < 4.78 is 1.78. The standard InChI is InChI=1S/C18H13N5/c1-23-11-15(9-22-23)17-10-21-18-16(17)6-14(8-20-18)13-4-2-3-12(5-13)7-19/h2-6,8-11H,1H3,(H,20,21). The average molecular weight is 299 g/mol. The number of hydrogen-bond donors (Lipinski definition) is 1. The van der Waals surface area contributed by atoms with Crippen LogP contribution in [-0.4, -0.2) is 19.7 Å². The summed E-state index contributed by atoms with van der Waals surface area (Å²) in [6.07, 6.45) is 7.59. The molecule has 0 amide bonds. The van der Waals surface area contributed by atoms with Crippen LogP contribution in [0.25, 0.3) is 33.3 Å². The highest BCUT2D eigenvalue weighted by Gasteiger charge is 2.10. The number of fused-ring (bicyclic) bond motifs is 1. The number of H-pyrrole nitrogens is 1. The summed E-state index contributed by atoms with van der Waals surface area (Å²) in [5.41, 5.74) is 5.56. The van der Waals surface area contributed by atoms with E-state index in [0.29, 0.717) is 5.56 Å². The Morgan fingerprint density at radius 2 is 2.04 bits per heavy atom. The quantitative estimate of drug-likeness (QED) is 0.616. The van der Waals surface area contributed by atoms with E-state index in [-0.39, 0.29) is 0 Å². The molecule has 0 atom stereocenters. The van der Waals surface area contributed by atoms with Gasteiger partial charge in [0.25, 0.3) is 0 Å². The Morgan fingerprint density at radius 1 is 1.13 bits per heavy atom. The van der Waals surface area contributed by atoms with Gasteiger partial charge in [0.15, 0.2) is 0 Å². The second-order valence-electron chi connectivity index (χ2n) is 5.42. The van der Waals surface area contributed by atoms with E-state index < -0.39 is 0 Å². The second kappa shape index (κ2) is 5.11. The van der Waals surface area contributed by atoms with Crippen LogP contribution in [0.4, 0.5) is 0 Å². The molecule has 0 fully saturated rings. The van der Waals surface area contributed by atoms with Gasteiger partial charge in [-0.2, -0.15) is 10.4 Å². The number of aryl methyl sites for hydroxylation is 1. The van der Waals surface area contributed by atoms with Gasteiger partial charge in [-0.1, -0.05) is 12.1 Å². The van der Waals surface area contributed by atoms with Crippen molar-refractivity contribution in [2.24, 2.45) is 7.05 Å². The van der Waals surface area contributed by atoms with Crippen molar-refractivity contribution < 1.29 is 0 Å². The average Bonchev–Trinajstić information content (AvgIpc) is 3.20. The zero-order valence-electron chi connectivity index (χ0n) is 12.5. The number of rotatable bonds is 2. The molecule has 0 saturated carbocycles. The van der Waals surface area contributed by atoms with Gasteiger partial charge in [-0.25, -0.2) is 4.98 Å². The molecular formula is C18H13N5. The third-order valence-corrected chi connectivity index (χ3v) is 3.87. The molecule has 0 unspecified atom stereocenters. The fourth-order valence-electron chi connectivity index (χ4n) is 2.73. The molecule has 4 rings (SSSR count). The number of hydrogen-bond acceptors (Lipinski definition) is 3. The molecule has 0 bridgehead atoms. The first-order valence-corrected chi connectivity index (χ1v) is 7.21. The van der Waals surface area contributed by atoms with Crippen molar-refractivity contribution in [3.8, 4) is 28.3 Å². The van der Waals surface area contributed by atoms with Crippen molar-refractivity contribution in [3.63, 3.8) is 0 Å². The molecule has 5 heteroatoms. The van der Waals surface area contributed by atoms with Gasteiger partial charge in [-0.15, -0.1) is 0 Å². The SMILES string of the molecule is Cn1cc(-c2c[nH]c3ncc(-c4cccc(C#N)c4)cc23)cn1. The Hall–Kier alpha value is -3.39. The Kier molecular flexibility index (Phi) is 2.95. The molecule has 110 valence electrons. The Balaban J connectivity index is 1.88. The van der Waals surface area contributed by atoms with Crippen LogP contribution in [0.3, 0.4) is 0 Å². The Bertz CT molecular complexity index is 1050. The first kappa shape index (κ1) is 13.3. The van der Waals surface area contributed by atoms with E-state index in [4.69, 9.17) is 5.26 Å². The molecule has 0 aliphatic heterocycles. The van der Waals surface area contributed by atoms with Crippen molar-refractivity contribution in [2.75, 3.05) is 0 Å². The minimum Gasteiger partial charge on any atom is -0.346 e. The van der Waals surface area contributed by atoms with Gasteiger partial charge >= 0.3 is 0 Å². The number of benzene rings is 1. The number of nitrogens with one attached hydrogen (secondary N) is 1. The zero-order chi connectivity index (χ0) is 15.8. The number of aromatic amines is 1. The molecule has 5 nitrogen and oxygen atoms in total. The third kappa shape index (κ3) is 2.27. The lowest BCUT2D eigenvalue weighted by Gasteiger charge is -2.03. The molecule has 4 aromatic rings. The van der Waals surface area contributed by atoms with Gasteiger partial charge in [0, 0.05) is 47.7 Å². The van der Waals surface area contributed by atoms with Crippen LogP contribution in [0.1, 0.15) is 5.56 Å². The molecule has 0 aliphatic carbocycles. The third-order valence-electron chi connectivity index (χ3n) is 3.87. The fourth-order valence-corrected chi connectivity index (χ4v) is 2.73. The summed E-state index contributed by atoms with van der Waals surface area (Å²) in [7, 11) is 1.90. The van der Waals surface area contributed by atoms with Crippen molar-refractivity contribution >= 4 is 11.0 Å². The van der Waals surface area contributed by atoms with Crippen molar-refractivity contribution in [1.29, 1.82) is 5.26 Å². The second-order valence-corrected chi connectivity index (χ2v) is 5.42. The topological polar surface area (TPSA) is 70.3 Å². The minimum absolute atomic E-state index is 0.643. The zero-order valence-corrected chi connectivity index (χ0v) is 12.5. The molecule has 3 heterocycles. The first-order valence-electron chi connectivity index (χ1n) is 7.21. The predicted octanol–water partition coefficient (Wildman–Crippen LogP) is 3.50. The first-order chi connectivity index (χ1) is 11.2.